The Kier molecular flexibility index (Phi) is 5.37. The highest BCUT2D eigenvalue weighted by Gasteiger charge is 2.05. The molecule has 15 heavy (non-hydrogen) atoms. The van der Waals surface area contributed by atoms with Crippen molar-refractivity contribution in [1.82, 2.24) is 5.32 Å². The van der Waals surface area contributed by atoms with Crippen molar-refractivity contribution in [2.45, 2.75) is 32.7 Å². The van der Waals surface area contributed by atoms with Crippen LogP contribution in [0.1, 0.15) is 36.9 Å². The van der Waals surface area contributed by atoms with Crippen molar-refractivity contribution in [3.63, 3.8) is 0 Å². The van der Waals surface area contributed by atoms with Crippen LogP contribution in [-0.4, -0.2) is 13.1 Å². The molecular formula is C13H22N2. The van der Waals surface area contributed by atoms with Gasteiger partial charge < -0.3 is 11.1 Å². The Morgan fingerprint density at radius 1 is 1.27 bits per heavy atom. The third-order valence-electron chi connectivity index (χ3n) is 2.74. The Hall–Kier alpha value is -0.860. The van der Waals surface area contributed by atoms with Crippen LogP contribution >= 0.6 is 0 Å². The second-order valence-electron chi connectivity index (χ2n) is 4.03. The summed E-state index contributed by atoms with van der Waals surface area (Å²) < 4.78 is 0. The van der Waals surface area contributed by atoms with Gasteiger partial charge in [-0.05, 0) is 50.9 Å². The van der Waals surface area contributed by atoms with Gasteiger partial charge in [0.05, 0.1) is 0 Å². The van der Waals surface area contributed by atoms with E-state index in [0.29, 0.717) is 6.04 Å². The molecule has 0 aromatic heterocycles. The minimum Gasteiger partial charge on any atom is -0.330 e. The average molecular weight is 206 g/mol. The molecule has 0 saturated heterocycles. The quantitative estimate of drug-likeness (QED) is 0.701. The van der Waals surface area contributed by atoms with E-state index in [1.54, 1.807) is 0 Å². The molecule has 1 aromatic rings. The SMILES string of the molecule is Cc1ccccc1C(C)NCCCCN. The Labute approximate surface area is 92.9 Å². The number of hydrogen-bond donors (Lipinski definition) is 2. The van der Waals surface area contributed by atoms with E-state index < -0.39 is 0 Å². The second kappa shape index (κ2) is 6.59. The van der Waals surface area contributed by atoms with Crippen molar-refractivity contribution in [2.75, 3.05) is 13.1 Å². The van der Waals surface area contributed by atoms with Gasteiger partial charge in [-0.1, -0.05) is 24.3 Å². The summed E-state index contributed by atoms with van der Waals surface area (Å²) in [6, 6.07) is 8.97. The average Bonchev–Trinajstić information content (AvgIpc) is 2.25. The molecule has 0 spiro atoms. The highest BCUT2D eigenvalue weighted by Crippen LogP contribution is 2.16. The normalized spacial score (nSPS) is 12.7. The molecule has 0 amide bonds. The van der Waals surface area contributed by atoms with Gasteiger partial charge in [-0.15, -0.1) is 0 Å². The van der Waals surface area contributed by atoms with Crippen LogP contribution in [0.4, 0.5) is 0 Å². The Morgan fingerprint density at radius 3 is 2.67 bits per heavy atom. The van der Waals surface area contributed by atoms with Gasteiger partial charge in [0.1, 0.15) is 0 Å². The predicted octanol–water partition coefficient (Wildman–Crippen LogP) is 2.38. The first kappa shape index (κ1) is 12.2. The summed E-state index contributed by atoms with van der Waals surface area (Å²) in [6.45, 7) is 6.21. The first-order valence-corrected chi connectivity index (χ1v) is 5.74. The van der Waals surface area contributed by atoms with Gasteiger partial charge in [-0.2, -0.15) is 0 Å². The molecule has 1 rings (SSSR count). The van der Waals surface area contributed by atoms with Gasteiger partial charge in [0.2, 0.25) is 0 Å². The third-order valence-corrected chi connectivity index (χ3v) is 2.74. The first-order chi connectivity index (χ1) is 7.25. The molecule has 0 fully saturated rings. The van der Waals surface area contributed by atoms with Crippen LogP contribution in [0.3, 0.4) is 0 Å². The van der Waals surface area contributed by atoms with Crippen molar-refractivity contribution in [2.24, 2.45) is 5.73 Å². The van der Waals surface area contributed by atoms with E-state index in [4.69, 9.17) is 5.73 Å². The van der Waals surface area contributed by atoms with Gasteiger partial charge in [0, 0.05) is 6.04 Å². The van der Waals surface area contributed by atoms with Crippen LogP contribution in [0.15, 0.2) is 24.3 Å². The van der Waals surface area contributed by atoms with Crippen LogP contribution < -0.4 is 11.1 Å². The van der Waals surface area contributed by atoms with Gasteiger partial charge in [-0.25, -0.2) is 0 Å². The van der Waals surface area contributed by atoms with Crippen molar-refractivity contribution in [3.05, 3.63) is 35.4 Å². The Bertz CT molecular complexity index is 284. The summed E-state index contributed by atoms with van der Waals surface area (Å²) in [4.78, 5) is 0. The number of nitrogens with two attached hydrogens (primary N) is 1. The van der Waals surface area contributed by atoms with Crippen molar-refractivity contribution in [1.29, 1.82) is 0 Å². The van der Waals surface area contributed by atoms with E-state index in [0.717, 1.165) is 25.9 Å². The standard InChI is InChI=1S/C13H22N2/c1-11-7-3-4-8-13(11)12(2)15-10-6-5-9-14/h3-4,7-8,12,15H,5-6,9-10,14H2,1-2H3. The Morgan fingerprint density at radius 2 is 2.00 bits per heavy atom. The summed E-state index contributed by atoms with van der Waals surface area (Å²) >= 11 is 0. The smallest absolute Gasteiger partial charge is 0.0294 e. The third kappa shape index (κ3) is 4.02. The molecular weight excluding hydrogens is 184 g/mol. The summed E-state index contributed by atoms with van der Waals surface area (Å²) in [5.41, 5.74) is 8.20. The lowest BCUT2D eigenvalue weighted by Crippen LogP contribution is -2.21. The second-order valence-corrected chi connectivity index (χ2v) is 4.03. The number of hydrogen-bond acceptors (Lipinski definition) is 2. The van der Waals surface area contributed by atoms with Crippen LogP contribution in [0, 0.1) is 6.92 Å². The maximum atomic E-state index is 5.45. The van der Waals surface area contributed by atoms with Gasteiger partial charge in [0.15, 0.2) is 0 Å². The molecule has 1 aromatic carbocycles. The van der Waals surface area contributed by atoms with E-state index in [9.17, 15) is 0 Å². The summed E-state index contributed by atoms with van der Waals surface area (Å²) in [5.74, 6) is 0. The van der Waals surface area contributed by atoms with Crippen LogP contribution in [0.2, 0.25) is 0 Å². The van der Waals surface area contributed by atoms with E-state index in [1.165, 1.54) is 11.1 Å². The number of aryl methyl sites for hydroxylation is 1. The molecule has 0 aliphatic carbocycles. The summed E-state index contributed by atoms with van der Waals surface area (Å²) in [5, 5.41) is 3.52. The first-order valence-electron chi connectivity index (χ1n) is 5.74. The Balaban J connectivity index is 2.40. The topological polar surface area (TPSA) is 38.0 Å². The molecule has 3 N–H and O–H groups in total. The minimum absolute atomic E-state index is 0.434. The predicted molar refractivity (Wildman–Crippen MR) is 65.9 cm³/mol. The fraction of sp³-hybridized carbons (Fsp3) is 0.538. The molecule has 0 aliphatic rings. The van der Waals surface area contributed by atoms with Crippen molar-refractivity contribution < 1.29 is 0 Å². The molecule has 0 radical (unpaired) electrons. The fourth-order valence-electron chi connectivity index (χ4n) is 1.77. The maximum absolute atomic E-state index is 5.45. The lowest BCUT2D eigenvalue weighted by Gasteiger charge is -2.16. The summed E-state index contributed by atoms with van der Waals surface area (Å²) in [7, 11) is 0. The molecule has 1 atom stereocenters. The van der Waals surface area contributed by atoms with E-state index in [2.05, 4.69) is 43.4 Å². The molecule has 2 heteroatoms. The molecule has 0 bridgehead atoms. The zero-order valence-corrected chi connectivity index (χ0v) is 9.79. The molecule has 1 unspecified atom stereocenters. The molecule has 0 aliphatic heterocycles. The molecule has 0 saturated carbocycles. The molecule has 84 valence electrons. The fourth-order valence-corrected chi connectivity index (χ4v) is 1.77. The number of rotatable bonds is 6. The zero-order valence-electron chi connectivity index (χ0n) is 9.79. The van der Waals surface area contributed by atoms with Crippen molar-refractivity contribution in [3.8, 4) is 0 Å². The molecule has 0 heterocycles. The number of nitrogens with one attached hydrogen (secondary N) is 1. The van der Waals surface area contributed by atoms with Crippen LogP contribution in [0.25, 0.3) is 0 Å². The van der Waals surface area contributed by atoms with E-state index in [1.807, 2.05) is 0 Å². The summed E-state index contributed by atoms with van der Waals surface area (Å²) in [6.07, 6.45) is 2.26. The van der Waals surface area contributed by atoms with E-state index in [-0.39, 0.29) is 0 Å². The highest BCUT2D eigenvalue weighted by atomic mass is 14.9. The van der Waals surface area contributed by atoms with Crippen LogP contribution in [0.5, 0.6) is 0 Å². The largest absolute Gasteiger partial charge is 0.330 e. The minimum atomic E-state index is 0.434. The van der Waals surface area contributed by atoms with Crippen molar-refractivity contribution >= 4 is 0 Å². The lowest BCUT2D eigenvalue weighted by atomic mass is 10.0. The van der Waals surface area contributed by atoms with Gasteiger partial charge in [0.25, 0.3) is 0 Å². The van der Waals surface area contributed by atoms with Crippen LogP contribution in [-0.2, 0) is 0 Å². The molecule has 2 nitrogen and oxygen atoms in total. The maximum Gasteiger partial charge on any atom is 0.0294 e. The van der Waals surface area contributed by atoms with Gasteiger partial charge >= 0.3 is 0 Å². The highest BCUT2D eigenvalue weighted by molar-refractivity contribution is 5.28. The monoisotopic (exact) mass is 206 g/mol. The van der Waals surface area contributed by atoms with Gasteiger partial charge in [-0.3, -0.25) is 0 Å². The number of benzene rings is 1. The number of unbranched alkanes of at least 4 members (excludes halogenated alkanes) is 1. The lowest BCUT2D eigenvalue weighted by molar-refractivity contribution is 0.547. The zero-order chi connectivity index (χ0) is 11.1. The van der Waals surface area contributed by atoms with E-state index >= 15 is 0 Å².